The molecule has 1 fully saturated rings. The van der Waals surface area contributed by atoms with Gasteiger partial charge in [0.15, 0.2) is 5.82 Å². The van der Waals surface area contributed by atoms with E-state index >= 15 is 0 Å². The number of nitrogens with zero attached hydrogens (tertiary/aromatic N) is 4. The largest absolute Gasteiger partial charge is 0.398 e. The van der Waals surface area contributed by atoms with Gasteiger partial charge in [0.2, 0.25) is 0 Å². The molecule has 1 saturated carbocycles. The molecule has 0 amide bonds. The molecule has 0 spiro atoms. The average molecular weight is 350 g/mol. The van der Waals surface area contributed by atoms with Crippen LogP contribution in [0.15, 0.2) is 22.7 Å². The Morgan fingerprint density at radius 1 is 1.33 bits per heavy atom. The van der Waals surface area contributed by atoms with Crippen LogP contribution in [0.4, 0.5) is 5.69 Å². The molecule has 0 unspecified atom stereocenters. The van der Waals surface area contributed by atoms with E-state index in [1.165, 1.54) is 32.1 Å². The summed E-state index contributed by atoms with van der Waals surface area (Å²) in [5.41, 5.74) is 7.96. The molecule has 1 aromatic heterocycles. The third-order valence-corrected chi connectivity index (χ3v) is 5.59. The van der Waals surface area contributed by atoms with E-state index in [0.29, 0.717) is 11.1 Å². The van der Waals surface area contributed by atoms with Crippen molar-refractivity contribution in [2.75, 3.05) is 5.73 Å². The summed E-state index contributed by atoms with van der Waals surface area (Å²) in [6.07, 6.45) is 6.33. The van der Waals surface area contributed by atoms with Crippen molar-refractivity contribution in [2.45, 2.75) is 45.6 Å². The Labute approximate surface area is 133 Å². The molecule has 1 aliphatic rings. The number of aromatic nitrogens is 4. The number of hydrogen-bond acceptors (Lipinski definition) is 4. The van der Waals surface area contributed by atoms with Crippen LogP contribution in [0.5, 0.6) is 0 Å². The highest BCUT2D eigenvalue weighted by atomic mass is 79.9. The normalized spacial score (nSPS) is 17.2. The van der Waals surface area contributed by atoms with Crippen molar-refractivity contribution in [3.63, 3.8) is 0 Å². The number of nitrogens with two attached hydrogens (primary N) is 1. The minimum absolute atomic E-state index is 0.344. The summed E-state index contributed by atoms with van der Waals surface area (Å²) < 4.78 is 2.80. The van der Waals surface area contributed by atoms with E-state index in [1.807, 2.05) is 22.9 Å². The highest BCUT2D eigenvalue weighted by Crippen LogP contribution is 2.43. The van der Waals surface area contributed by atoms with E-state index in [4.69, 9.17) is 5.73 Å². The van der Waals surface area contributed by atoms with E-state index in [1.54, 1.807) is 0 Å². The Morgan fingerprint density at radius 2 is 2.10 bits per heavy atom. The molecule has 5 nitrogen and oxygen atoms in total. The number of tetrazole rings is 1. The summed E-state index contributed by atoms with van der Waals surface area (Å²) in [6, 6.07) is 5.79. The first-order chi connectivity index (χ1) is 10.2. The van der Waals surface area contributed by atoms with Gasteiger partial charge in [0.05, 0.1) is 11.0 Å². The monoisotopic (exact) mass is 349 g/mol. The predicted molar refractivity (Wildman–Crippen MR) is 86.6 cm³/mol. The molecule has 3 rings (SSSR count). The maximum Gasteiger partial charge on any atom is 0.183 e. The lowest BCUT2D eigenvalue weighted by Crippen LogP contribution is -2.24. The topological polar surface area (TPSA) is 69.6 Å². The Hall–Kier alpha value is -1.43. The molecule has 2 N–H and O–H groups in total. The van der Waals surface area contributed by atoms with E-state index < -0.39 is 0 Å². The van der Waals surface area contributed by atoms with Crippen LogP contribution in [-0.2, 0) is 6.54 Å². The number of rotatable bonds is 4. The fraction of sp³-hybridized carbons (Fsp3) is 0.533. The van der Waals surface area contributed by atoms with Gasteiger partial charge in [0, 0.05) is 11.3 Å². The van der Waals surface area contributed by atoms with Crippen LogP contribution in [0.25, 0.3) is 11.4 Å². The maximum atomic E-state index is 5.97. The van der Waals surface area contributed by atoms with Gasteiger partial charge < -0.3 is 5.73 Å². The van der Waals surface area contributed by atoms with E-state index in [-0.39, 0.29) is 0 Å². The lowest BCUT2D eigenvalue weighted by atomic mass is 9.83. The molecule has 0 saturated heterocycles. The third kappa shape index (κ3) is 2.69. The Morgan fingerprint density at radius 3 is 2.81 bits per heavy atom. The van der Waals surface area contributed by atoms with Crippen molar-refractivity contribution < 1.29 is 0 Å². The minimum Gasteiger partial charge on any atom is -0.398 e. The quantitative estimate of drug-likeness (QED) is 0.855. The second kappa shape index (κ2) is 5.75. The van der Waals surface area contributed by atoms with Crippen LogP contribution < -0.4 is 5.73 Å². The van der Waals surface area contributed by atoms with Gasteiger partial charge >= 0.3 is 0 Å². The lowest BCUT2D eigenvalue weighted by molar-refractivity contribution is 0.226. The van der Waals surface area contributed by atoms with E-state index in [9.17, 15) is 0 Å². The summed E-state index contributed by atoms with van der Waals surface area (Å²) in [5.74, 6) is 0.786. The number of halogens is 1. The van der Waals surface area contributed by atoms with Crippen molar-refractivity contribution in [3.8, 4) is 11.4 Å². The fourth-order valence-electron chi connectivity index (χ4n) is 3.29. The van der Waals surface area contributed by atoms with Crippen molar-refractivity contribution in [2.24, 2.45) is 5.41 Å². The zero-order valence-corrected chi connectivity index (χ0v) is 13.8. The predicted octanol–water partition coefficient (Wildman–Crippen LogP) is 3.66. The van der Waals surface area contributed by atoms with Gasteiger partial charge in [-0.2, -0.15) is 0 Å². The Bertz CT molecular complexity index is 631. The Kier molecular flexibility index (Phi) is 3.97. The highest BCUT2D eigenvalue weighted by molar-refractivity contribution is 9.10. The molecule has 21 heavy (non-hydrogen) atoms. The van der Waals surface area contributed by atoms with Crippen molar-refractivity contribution in [3.05, 3.63) is 22.7 Å². The average Bonchev–Trinajstić information content (AvgIpc) is 3.13. The van der Waals surface area contributed by atoms with Gasteiger partial charge in [-0.1, -0.05) is 25.8 Å². The third-order valence-electron chi connectivity index (χ3n) is 4.70. The first-order valence-corrected chi connectivity index (χ1v) is 8.25. The summed E-state index contributed by atoms with van der Waals surface area (Å²) in [7, 11) is 0. The first kappa shape index (κ1) is 14.5. The lowest BCUT2D eigenvalue weighted by Gasteiger charge is -2.27. The van der Waals surface area contributed by atoms with Crippen molar-refractivity contribution in [1.29, 1.82) is 0 Å². The van der Waals surface area contributed by atoms with Crippen molar-refractivity contribution >= 4 is 21.6 Å². The van der Waals surface area contributed by atoms with Crippen LogP contribution in [0.3, 0.4) is 0 Å². The highest BCUT2D eigenvalue weighted by Gasteiger charge is 2.33. The van der Waals surface area contributed by atoms with Crippen molar-refractivity contribution in [1.82, 2.24) is 20.2 Å². The fourth-order valence-corrected chi connectivity index (χ4v) is 3.73. The summed E-state index contributed by atoms with van der Waals surface area (Å²) in [6.45, 7) is 3.15. The van der Waals surface area contributed by atoms with E-state index in [2.05, 4.69) is 38.4 Å². The second-order valence-electron chi connectivity index (χ2n) is 5.93. The van der Waals surface area contributed by atoms with Gasteiger partial charge in [-0.15, -0.1) is 5.10 Å². The first-order valence-electron chi connectivity index (χ1n) is 7.46. The summed E-state index contributed by atoms with van der Waals surface area (Å²) >= 11 is 3.55. The molecule has 6 heteroatoms. The molecular formula is C15H20BrN5. The van der Waals surface area contributed by atoms with Crippen LogP contribution in [-0.4, -0.2) is 20.2 Å². The van der Waals surface area contributed by atoms with Crippen LogP contribution >= 0.6 is 15.9 Å². The van der Waals surface area contributed by atoms with Gasteiger partial charge in [-0.25, -0.2) is 4.68 Å². The molecule has 1 aromatic carbocycles. The van der Waals surface area contributed by atoms with Gasteiger partial charge in [-0.05, 0) is 63.2 Å². The Balaban J connectivity index is 1.96. The molecule has 0 bridgehead atoms. The number of hydrogen-bond donors (Lipinski definition) is 1. The molecule has 0 radical (unpaired) electrons. The van der Waals surface area contributed by atoms with Crippen LogP contribution in [0, 0.1) is 5.41 Å². The standard InChI is InChI=1S/C15H20BrN5/c1-2-15(8-3-4-9-15)10-21-14(18-19-20-21)11-6-5-7-12(17)13(11)16/h5-7H,2-4,8-10,17H2,1H3. The zero-order chi connectivity index (χ0) is 14.9. The molecule has 1 heterocycles. The van der Waals surface area contributed by atoms with E-state index in [0.717, 1.165) is 22.4 Å². The molecule has 0 atom stereocenters. The minimum atomic E-state index is 0.344. The number of anilines is 1. The molecule has 0 aliphatic heterocycles. The van der Waals surface area contributed by atoms with Gasteiger partial charge in [0.1, 0.15) is 0 Å². The second-order valence-corrected chi connectivity index (χ2v) is 6.72. The van der Waals surface area contributed by atoms with Gasteiger partial charge in [0.25, 0.3) is 0 Å². The summed E-state index contributed by atoms with van der Waals surface area (Å²) in [4.78, 5) is 0. The maximum absolute atomic E-state index is 5.97. The molecule has 2 aromatic rings. The van der Waals surface area contributed by atoms with Crippen LogP contribution in [0.2, 0.25) is 0 Å². The summed E-state index contributed by atoms with van der Waals surface area (Å²) in [5, 5.41) is 12.3. The SMILES string of the molecule is CCC1(Cn2nnnc2-c2cccc(N)c2Br)CCCC1. The smallest absolute Gasteiger partial charge is 0.183 e. The molecular weight excluding hydrogens is 330 g/mol. The number of nitrogen functional groups attached to an aromatic ring is 1. The number of benzene rings is 1. The molecule has 1 aliphatic carbocycles. The van der Waals surface area contributed by atoms with Gasteiger partial charge in [-0.3, -0.25) is 0 Å². The zero-order valence-electron chi connectivity index (χ0n) is 12.2. The van der Waals surface area contributed by atoms with Crippen LogP contribution in [0.1, 0.15) is 39.0 Å². The molecule has 112 valence electrons.